The van der Waals surface area contributed by atoms with Gasteiger partial charge in [0.25, 0.3) is 0 Å². The summed E-state index contributed by atoms with van der Waals surface area (Å²) in [7, 11) is -5.62. The lowest BCUT2D eigenvalue weighted by atomic mass is 10.4. The zero-order valence-corrected chi connectivity index (χ0v) is 18.6. The molecule has 1 aromatic rings. The number of halogens is 6. The summed E-state index contributed by atoms with van der Waals surface area (Å²) < 4.78 is 87.6. The Balaban J connectivity index is 3.09. The first-order valence-electron chi connectivity index (χ1n) is 9.27. The van der Waals surface area contributed by atoms with Gasteiger partial charge in [-0.15, -0.1) is 0 Å². The molecule has 0 N–H and O–H groups in total. The molecule has 0 heterocycles. The zero-order valence-electron chi connectivity index (χ0n) is 16.6. The van der Waals surface area contributed by atoms with E-state index < -0.39 is 41.8 Å². The fourth-order valence-electron chi connectivity index (χ4n) is 3.17. The summed E-state index contributed by atoms with van der Waals surface area (Å²) in [6.45, 7) is 7.56. The van der Waals surface area contributed by atoms with Crippen LogP contribution in [0.1, 0.15) is 26.7 Å². The molecule has 0 saturated carbocycles. The normalized spacial score (nSPS) is 17.2. The molecule has 0 amide bonds. The van der Waals surface area contributed by atoms with Gasteiger partial charge in [-0.05, 0) is 49.4 Å². The van der Waals surface area contributed by atoms with E-state index in [9.17, 15) is 26.3 Å². The third-order valence-electron chi connectivity index (χ3n) is 4.80. The molecule has 0 aliphatic rings. The monoisotopic (exact) mass is 446 g/mol. The Morgan fingerprint density at radius 1 is 0.679 bits per heavy atom. The number of hydrogen-bond donors (Lipinski definition) is 0. The summed E-state index contributed by atoms with van der Waals surface area (Å²) >= 11 is 0. The van der Waals surface area contributed by atoms with Crippen LogP contribution in [-0.2, 0) is 8.85 Å². The highest BCUT2D eigenvalue weighted by Crippen LogP contribution is 2.28. The molecule has 0 bridgehead atoms. The Hall–Kier alpha value is -0.846. The standard InChI is InChI=1S/C18H28F6O2Si2/c1-5-25-27(3,13-11-17(19,20)21)15-7-9-16(10-8-15)28(4,26-6-2)14-12-18(22,23)24/h7-10H,5-6,11-14H2,1-4H3. The Morgan fingerprint density at radius 3 is 1.18 bits per heavy atom. The topological polar surface area (TPSA) is 18.5 Å². The van der Waals surface area contributed by atoms with Crippen LogP contribution in [0.15, 0.2) is 24.3 Å². The maximum absolute atomic E-state index is 12.7. The van der Waals surface area contributed by atoms with Gasteiger partial charge in [-0.3, -0.25) is 0 Å². The molecular weight excluding hydrogens is 418 g/mol. The molecule has 0 fully saturated rings. The van der Waals surface area contributed by atoms with E-state index in [1.54, 1.807) is 51.2 Å². The van der Waals surface area contributed by atoms with Crippen LogP contribution < -0.4 is 10.4 Å². The molecule has 0 aliphatic heterocycles. The Morgan fingerprint density at radius 2 is 0.964 bits per heavy atom. The smallest absolute Gasteiger partial charge is 0.388 e. The van der Waals surface area contributed by atoms with Crippen molar-refractivity contribution < 1.29 is 35.2 Å². The average molecular weight is 447 g/mol. The van der Waals surface area contributed by atoms with Gasteiger partial charge in [0.2, 0.25) is 16.6 Å². The fourth-order valence-corrected chi connectivity index (χ4v) is 8.91. The molecule has 0 aliphatic carbocycles. The Labute approximate surface area is 164 Å². The van der Waals surface area contributed by atoms with E-state index in [2.05, 4.69) is 0 Å². The van der Waals surface area contributed by atoms with Crippen LogP contribution in [0.2, 0.25) is 25.2 Å². The summed E-state index contributed by atoms with van der Waals surface area (Å²) in [4.78, 5) is 0. The lowest BCUT2D eigenvalue weighted by Gasteiger charge is -2.30. The molecule has 0 aromatic heterocycles. The molecule has 2 nitrogen and oxygen atoms in total. The van der Waals surface area contributed by atoms with Gasteiger partial charge in [0, 0.05) is 26.1 Å². The molecule has 0 radical (unpaired) electrons. The van der Waals surface area contributed by atoms with Gasteiger partial charge in [-0.25, -0.2) is 0 Å². The van der Waals surface area contributed by atoms with Crippen LogP contribution >= 0.6 is 0 Å². The second-order valence-electron chi connectivity index (χ2n) is 7.14. The van der Waals surface area contributed by atoms with Crippen molar-refractivity contribution in [3.63, 3.8) is 0 Å². The highest BCUT2D eigenvalue weighted by Gasteiger charge is 2.40. The molecule has 28 heavy (non-hydrogen) atoms. The number of benzene rings is 1. The molecule has 2 atom stereocenters. The average Bonchev–Trinajstić information content (AvgIpc) is 2.58. The molecule has 2 unspecified atom stereocenters. The maximum Gasteiger partial charge on any atom is 0.388 e. The minimum atomic E-state index is -4.26. The summed E-state index contributed by atoms with van der Waals surface area (Å²) in [6, 6.07) is 6.60. The van der Waals surface area contributed by atoms with E-state index in [0.29, 0.717) is 23.6 Å². The quantitative estimate of drug-likeness (QED) is 0.362. The SMILES string of the molecule is CCO[Si](C)(CCC(F)(F)F)c1ccc([Si](C)(CCC(F)(F)F)OCC)cc1. The van der Waals surface area contributed by atoms with Crippen LogP contribution in [0.4, 0.5) is 26.3 Å². The van der Waals surface area contributed by atoms with Crippen molar-refractivity contribution in [3.05, 3.63) is 24.3 Å². The molecule has 1 aromatic carbocycles. The molecule has 0 saturated heterocycles. The van der Waals surface area contributed by atoms with Crippen molar-refractivity contribution in [2.24, 2.45) is 0 Å². The molecule has 1 rings (SSSR count). The van der Waals surface area contributed by atoms with E-state index in [-0.39, 0.29) is 12.1 Å². The van der Waals surface area contributed by atoms with Gasteiger partial charge in [-0.1, -0.05) is 24.3 Å². The summed E-state index contributed by atoms with van der Waals surface area (Å²) in [5.41, 5.74) is 0. The van der Waals surface area contributed by atoms with Crippen molar-refractivity contribution in [2.75, 3.05) is 13.2 Å². The first-order valence-corrected chi connectivity index (χ1v) is 14.5. The van der Waals surface area contributed by atoms with Crippen LogP contribution in [-0.4, -0.2) is 42.2 Å². The maximum atomic E-state index is 12.7. The van der Waals surface area contributed by atoms with Crippen LogP contribution in [0.3, 0.4) is 0 Å². The predicted molar refractivity (Wildman–Crippen MR) is 103 cm³/mol. The lowest BCUT2D eigenvalue weighted by Crippen LogP contribution is -2.51. The first-order chi connectivity index (χ1) is 12.7. The summed E-state index contributed by atoms with van der Waals surface area (Å²) in [6.07, 6.45) is -10.4. The second-order valence-corrected chi connectivity index (χ2v) is 14.8. The van der Waals surface area contributed by atoms with Crippen LogP contribution in [0, 0.1) is 0 Å². The van der Waals surface area contributed by atoms with Crippen molar-refractivity contribution in [2.45, 2.75) is 64.2 Å². The van der Waals surface area contributed by atoms with E-state index in [1.165, 1.54) is 0 Å². The van der Waals surface area contributed by atoms with Crippen molar-refractivity contribution >= 4 is 27.0 Å². The van der Waals surface area contributed by atoms with Gasteiger partial charge in [0.15, 0.2) is 0 Å². The number of hydrogen-bond acceptors (Lipinski definition) is 2. The number of rotatable bonds is 10. The highest BCUT2D eigenvalue weighted by atomic mass is 28.4. The van der Waals surface area contributed by atoms with Gasteiger partial charge in [0.1, 0.15) is 0 Å². The fraction of sp³-hybridized carbons (Fsp3) is 0.667. The van der Waals surface area contributed by atoms with Crippen molar-refractivity contribution in [1.29, 1.82) is 0 Å². The van der Waals surface area contributed by atoms with Crippen LogP contribution in [0.25, 0.3) is 0 Å². The van der Waals surface area contributed by atoms with Crippen molar-refractivity contribution in [3.8, 4) is 0 Å². The van der Waals surface area contributed by atoms with Gasteiger partial charge in [0.05, 0.1) is 0 Å². The number of alkyl halides is 6. The zero-order chi connectivity index (χ0) is 21.6. The molecular formula is C18H28F6O2Si2. The lowest BCUT2D eigenvalue weighted by molar-refractivity contribution is -0.132. The summed E-state index contributed by atoms with van der Waals surface area (Å²) in [5.74, 6) is 0. The van der Waals surface area contributed by atoms with E-state index in [4.69, 9.17) is 8.85 Å². The van der Waals surface area contributed by atoms with E-state index >= 15 is 0 Å². The first kappa shape index (κ1) is 25.2. The van der Waals surface area contributed by atoms with E-state index in [0.717, 1.165) is 0 Å². The van der Waals surface area contributed by atoms with Gasteiger partial charge in [-0.2, -0.15) is 26.3 Å². The predicted octanol–water partition coefficient (Wildman–Crippen LogP) is 5.23. The largest absolute Gasteiger partial charge is 0.413 e. The summed E-state index contributed by atoms with van der Waals surface area (Å²) in [5, 5.41) is 1.40. The third kappa shape index (κ3) is 7.88. The van der Waals surface area contributed by atoms with E-state index in [1.807, 2.05) is 0 Å². The van der Waals surface area contributed by atoms with Crippen LogP contribution in [0.5, 0.6) is 0 Å². The minimum absolute atomic E-state index is 0.0993. The minimum Gasteiger partial charge on any atom is -0.413 e. The molecule has 0 spiro atoms. The molecule has 162 valence electrons. The van der Waals surface area contributed by atoms with Gasteiger partial charge < -0.3 is 8.85 Å². The van der Waals surface area contributed by atoms with Gasteiger partial charge >= 0.3 is 12.4 Å². The second kappa shape index (κ2) is 9.77. The highest BCUT2D eigenvalue weighted by molar-refractivity contribution is 6.87. The van der Waals surface area contributed by atoms with Crippen molar-refractivity contribution in [1.82, 2.24) is 0 Å². The Bertz CT molecular complexity index is 553. The Kier molecular flexibility index (Phi) is 8.79. The third-order valence-corrected chi connectivity index (χ3v) is 12.2. The molecule has 10 heteroatoms.